The van der Waals surface area contributed by atoms with Crippen LogP contribution in [-0.2, 0) is 4.79 Å². The van der Waals surface area contributed by atoms with Crippen molar-refractivity contribution in [1.29, 1.82) is 5.26 Å². The zero-order valence-electron chi connectivity index (χ0n) is 12.4. The van der Waals surface area contributed by atoms with Gasteiger partial charge in [0.2, 0.25) is 0 Å². The minimum absolute atomic E-state index is 0.0196. The van der Waals surface area contributed by atoms with Crippen molar-refractivity contribution < 1.29 is 4.79 Å². The van der Waals surface area contributed by atoms with E-state index in [1.807, 2.05) is 18.2 Å². The summed E-state index contributed by atoms with van der Waals surface area (Å²) >= 11 is 0. The van der Waals surface area contributed by atoms with Crippen molar-refractivity contribution in [3.8, 4) is 17.2 Å². The number of hydrogen-bond acceptors (Lipinski definition) is 5. The first-order valence-corrected chi connectivity index (χ1v) is 7.51. The van der Waals surface area contributed by atoms with Crippen LogP contribution in [0.25, 0.3) is 11.1 Å². The van der Waals surface area contributed by atoms with Crippen LogP contribution in [-0.4, -0.2) is 29.5 Å². The molecule has 0 radical (unpaired) electrons. The number of anilines is 2. The number of nitrogens with one attached hydrogen (secondary N) is 3. The normalized spacial score (nSPS) is 22.1. The average molecular weight is 305 g/mol. The number of benzene rings is 1. The molecule has 1 spiro atoms. The van der Waals surface area contributed by atoms with Crippen LogP contribution < -0.4 is 16.0 Å². The molecular weight excluding hydrogens is 290 g/mol. The highest BCUT2D eigenvalue weighted by molar-refractivity contribution is 6.06. The van der Waals surface area contributed by atoms with E-state index in [4.69, 9.17) is 5.26 Å². The highest BCUT2D eigenvalue weighted by Crippen LogP contribution is 2.34. The van der Waals surface area contributed by atoms with Crippen molar-refractivity contribution in [3.05, 3.63) is 42.1 Å². The number of carbonyl (C=O) groups excluding carboxylic acids is 1. The number of carbonyl (C=O) groups is 1. The van der Waals surface area contributed by atoms with E-state index in [1.165, 1.54) is 0 Å². The number of nitriles is 1. The summed E-state index contributed by atoms with van der Waals surface area (Å²) in [5, 5.41) is 18.3. The van der Waals surface area contributed by atoms with Crippen LogP contribution in [0.3, 0.4) is 0 Å². The van der Waals surface area contributed by atoms with Gasteiger partial charge in [-0.3, -0.25) is 4.79 Å². The van der Waals surface area contributed by atoms with Gasteiger partial charge in [-0.05, 0) is 36.7 Å². The Balaban J connectivity index is 1.68. The molecule has 3 heterocycles. The Morgan fingerprint density at radius 3 is 2.74 bits per heavy atom. The van der Waals surface area contributed by atoms with Gasteiger partial charge in [-0.1, -0.05) is 12.1 Å². The predicted molar refractivity (Wildman–Crippen MR) is 86.9 cm³/mol. The second kappa shape index (κ2) is 5.07. The lowest BCUT2D eigenvalue weighted by atomic mass is 9.94. The van der Waals surface area contributed by atoms with E-state index in [0.717, 1.165) is 24.1 Å². The maximum absolute atomic E-state index is 12.4. The Kier molecular flexibility index (Phi) is 3.03. The van der Waals surface area contributed by atoms with Gasteiger partial charge in [0.15, 0.2) is 5.82 Å². The lowest BCUT2D eigenvalue weighted by molar-refractivity contribution is -0.120. The quantitative estimate of drug-likeness (QED) is 0.746. The van der Waals surface area contributed by atoms with E-state index in [-0.39, 0.29) is 5.91 Å². The number of nitrogens with zero attached hydrogens (tertiary/aromatic N) is 2. The molecule has 6 nitrogen and oxygen atoms in total. The summed E-state index contributed by atoms with van der Waals surface area (Å²) in [7, 11) is 0. The number of hydrogen-bond donors (Lipinski definition) is 3. The minimum atomic E-state index is -0.587. The van der Waals surface area contributed by atoms with Crippen LogP contribution in [0.2, 0.25) is 0 Å². The summed E-state index contributed by atoms with van der Waals surface area (Å²) in [5.74, 6) is 0.680. The molecule has 1 aromatic carbocycles. The van der Waals surface area contributed by atoms with E-state index >= 15 is 0 Å². The molecule has 0 bridgehead atoms. The Bertz CT molecular complexity index is 816. The molecule has 1 fully saturated rings. The highest BCUT2D eigenvalue weighted by atomic mass is 16.2. The maximum atomic E-state index is 12.4. The van der Waals surface area contributed by atoms with Crippen LogP contribution >= 0.6 is 0 Å². The molecular formula is C17H15N5O. The molecule has 1 atom stereocenters. The van der Waals surface area contributed by atoms with Gasteiger partial charge < -0.3 is 16.0 Å². The zero-order valence-corrected chi connectivity index (χ0v) is 12.4. The van der Waals surface area contributed by atoms with Gasteiger partial charge in [-0.2, -0.15) is 5.26 Å². The van der Waals surface area contributed by atoms with E-state index < -0.39 is 5.54 Å². The number of pyridine rings is 1. The molecule has 1 aromatic heterocycles. The molecule has 2 aromatic rings. The molecule has 4 rings (SSSR count). The van der Waals surface area contributed by atoms with Gasteiger partial charge in [-0.25, -0.2) is 4.98 Å². The largest absolute Gasteiger partial charge is 0.353 e. The van der Waals surface area contributed by atoms with Gasteiger partial charge in [0, 0.05) is 18.3 Å². The second-order valence-corrected chi connectivity index (χ2v) is 5.90. The third kappa shape index (κ3) is 2.22. The maximum Gasteiger partial charge on any atom is 0.251 e. The number of aromatic nitrogens is 1. The summed E-state index contributed by atoms with van der Waals surface area (Å²) in [4.78, 5) is 16.9. The molecule has 1 saturated heterocycles. The molecule has 114 valence electrons. The summed E-state index contributed by atoms with van der Waals surface area (Å²) < 4.78 is 0. The van der Waals surface area contributed by atoms with Crippen LogP contribution in [0, 0.1) is 11.3 Å². The van der Waals surface area contributed by atoms with E-state index in [1.54, 1.807) is 18.3 Å². The number of amides is 1. The van der Waals surface area contributed by atoms with Crippen molar-refractivity contribution in [2.24, 2.45) is 0 Å². The van der Waals surface area contributed by atoms with Crippen molar-refractivity contribution in [3.63, 3.8) is 0 Å². The molecule has 23 heavy (non-hydrogen) atoms. The highest BCUT2D eigenvalue weighted by Gasteiger charge is 2.44. The minimum Gasteiger partial charge on any atom is -0.353 e. The van der Waals surface area contributed by atoms with Gasteiger partial charge in [0.05, 0.1) is 17.3 Å². The second-order valence-electron chi connectivity index (χ2n) is 5.90. The summed E-state index contributed by atoms with van der Waals surface area (Å²) in [6.45, 7) is 1.43. The topological polar surface area (TPSA) is 89.8 Å². The Morgan fingerprint density at radius 1 is 1.22 bits per heavy atom. The third-order valence-corrected chi connectivity index (χ3v) is 4.43. The van der Waals surface area contributed by atoms with Gasteiger partial charge >= 0.3 is 0 Å². The molecule has 1 unspecified atom stereocenters. The average Bonchev–Trinajstić information content (AvgIpc) is 3.05. The Labute approximate surface area is 133 Å². The summed E-state index contributed by atoms with van der Waals surface area (Å²) in [5.41, 5.74) is 2.57. The van der Waals surface area contributed by atoms with Crippen molar-refractivity contribution >= 4 is 17.4 Å². The fourth-order valence-electron chi connectivity index (χ4n) is 3.07. The molecule has 3 N–H and O–H groups in total. The third-order valence-electron chi connectivity index (χ3n) is 4.43. The van der Waals surface area contributed by atoms with Crippen molar-refractivity contribution in [2.75, 3.05) is 23.7 Å². The zero-order chi connectivity index (χ0) is 15.9. The van der Waals surface area contributed by atoms with Crippen LogP contribution in [0.15, 0.2) is 36.5 Å². The molecule has 0 saturated carbocycles. The number of fused-ring (bicyclic) bond motifs is 1. The lowest BCUT2D eigenvalue weighted by Gasteiger charge is -2.34. The van der Waals surface area contributed by atoms with Crippen LogP contribution in [0.5, 0.6) is 0 Å². The van der Waals surface area contributed by atoms with Crippen molar-refractivity contribution in [1.82, 2.24) is 10.3 Å². The Morgan fingerprint density at radius 2 is 2.04 bits per heavy atom. The fourth-order valence-corrected chi connectivity index (χ4v) is 3.07. The van der Waals surface area contributed by atoms with Gasteiger partial charge in [0.1, 0.15) is 5.54 Å². The van der Waals surface area contributed by atoms with E-state index in [2.05, 4.69) is 27.0 Å². The fraction of sp³-hybridized carbons (Fsp3) is 0.235. The van der Waals surface area contributed by atoms with Gasteiger partial charge in [0.25, 0.3) is 5.91 Å². The predicted octanol–water partition coefficient (Wildman–Crippen LogP) is 1.72. The molecule has 1 amide bonds. The smallest absolute Gasteiger partial charge is 0.251 e. The van der Waals surface area contributed by atoms with E-state index in [0.29, 0.717) is 23.6 Å². The van der Waals surface area contributed by atoms with Crippen molar-refractivity contribution in [2.45, 2.75) is 12.0 Å². The molecule has 2 aliphatic rings. The summed E-state index contributed by atoms with van der Waals surface area (Å²) in [6.07, 6.45) is 2.53. The number of rotatable bonds is 1. The Hall–Kier alpha value is -2.91. The molecule has 6 heteroatoms. The van der Waals surface area contributed by atoms with E-state index in [9.17, 15) is 4.79 Å². The SMILES string of the molecule is N#Cc1ccc(-c2cnc3c(c2)NC(=O)C2(CCNC2)N3)cc1. The van der Waals surface area contributed by atoms with Gasteiger partial charge in [-0.15, -0.1) is 0 Å². The molecule has 2 aliphatic heterocycles. The first-order valence-electron chi connectivity index (χ1n) is 7.51. The monoisotopic (exact) mass is 305 g/mol. The lowest BCUT2D eigenvalue weighted by Crippen LogP contribution is -2.54. The van der Waals surface area contributed by atoms with Crippen LogP contribution in [0.1, 0.15) is 12.0 Å². The summed E-state index contributed by atoms with van der Waals surface area (Å²) in [6, 6.07) is 11.3. The standard InChI is InChI=1S/C17H15N5O/c18-8-11-1-3-12(4-2-11)13-7-14-15(20-9-13)22-17(16(23)21-14)5-6-19-10-17/h1-4,7,9,19H,5-6,10H2,(H,20,22)(H,21,23). The molecule has 0 aliphatic carbocycles. The van der Waals surface area contributed by atoms with Crippen LogP contribution in [0.4, 0.5) is 11.5 Å². The first-order chi connectivity index (χ1) is 11.2. The first kappa shape index (κ1) is 13.7.